The minimum Gasteiger partial charge on any atom is -0.506 e. The highest BCUT2D eigenvalue weighted by Crippen LogP contribution is 2.48. The third-order valence-electron chi connectivity index (χ3n) is 4.70. The van der Waals surface area contributed by atoms with Crippen LogP contribution in [-0.2, 0) is 0 Å². The first-order valence-corrected chi connectivity index (χ1v) is 9.92. The van der Waals surface area contributed by atoms with Crippen molar-refractivity contribution < 1.29 is 19.4 Å². The van der Waals surface area contributed by atoms with Crippen LogP contribution in [0.2, 0.25) is 20.1 Å². The molecule has 5 nitrogen and oxygen atoms in total. The summed E-state index contributed by atoms with van der Waals surface area (Å²) in [5.41, 5.74) is 0.683. The van der Waals surface area contributed by atoms with Gasteiger partial charge < -0.3 is 14.6 Å². The number of hydrogen-bond donors (Lipinski definition) is 2. The summed E-state index contributed by atoms with van der Waals surface area (Å²) in [5, 5.41) is 20.3. The first-order chi connectivity index (χ1) is 14.1. The molecule has 0 saturated carbocycles. The van der Waals surface area contributed by atoms with Gasteiger partial charge in [0.1, 0.15) is 17.1 Å². The number of phenols is 1. The van der Waals surface area contributed by atoms with Crippen LogP contribution in [0, 0.1) is 6.92 Å². The topological polar surface area (TPSA) is 87.7 Å². The zero-order valence-electron chi connectivity index (χ0n) is 15.0. The number of benzene rings is 3. The third-order valence-corrected chi connectivity index (χ3v) is 6.09. The standard InChI is InChI=1S/C21H10Cl4O5/c1-7-2-12(24)18(19(20(7)25)21(28)29)17-8-3-10(22)13(26)5-15(8)30-16-6-14(27)11(23)4-9(16)17/h2-6,26H,1H3,(H,28,29). The number of carboxylic acid groups (broad SMARTS) is 1. The van der Waals surface area contributed by atoms with Gasteiger partial charge in [-0.3, -0.25) is 4.79 Å². The Balaban J connectivity index is 2.33. The van der Waals surface area contributed by atoms with Crippen LogP contribution >= 0.6 is 46.4 Å². The molecule has 1 aliphatic heterocycles. The van der Waals surface area contributed by atoms with E-state index in [0.29, 0.717) is 22.1 Å². The van der Waals surface area contributed by atoms with Crippen LogP contribution in [0.4, 0.5) is 0 Å². The van der Waals surface area contributed by atoms with Crippen LogP contribution in [-0.4, -0.2) is 16.2 Å². The predicted molar refractivity (Wildman–Crippen MR) is 118 cm³/mol. The number of aryl methyl sites for hydroxylation is 1. The second-order valence-electron chi connectivity index (χ2n) is 6.60. The first-order valence-electron chi connectivity index (χ1n) is 8.41. The number of fused-ring (bicyclic) bond motifs is 2. The molecule has 0 aromatic heterocycles. The van der Waals surface area contributed by atoms with Crippen LogP contribution in [0.25, 0.3) is 33.4 Å². The number of aromatic carboxylic acids is 1. The van der Waals surface area contributed by atoms with Gasteiger partial charge in [-0.2, -0.15) is 0 Å². The summed E-state index contributed by atoms with van der Waals surface area (Å²) in [6.45, 7) is 1.64. The smallest absolute Gasteiger partial charge is 0.337 e. The maximum absolute atomic E-state index is 12.1. The summed E-state index contributed by atoms with van der Waals surface area (Å²) >= 11 is 25.0. The van der Waals surface area contributed by atoms with Gasteiger partial charge in [-0.15, -0.1) is 0 Å². The number of carbonyl (C=O) groups is 1. The van der Waals surface area contributed by atoms with Gasteiger partial charge in [0.15, 0.2) is 0 Å². The van der Waals surface area contributed by atoms with Crippen LogP contribution in [0.1, 0.15) is 15.9 Å². The van der Waals surface area contributed by atoms with Crippen molar-refractivity contribution in [1.82, 2.24) is 0 Å². The Bertz CT molecular complexity index is 1410. The summed E-state index contributed by atoms with van der Waals surface area (Å²) in [5.74, 6) is -1.42. The van der Waals surface area contributed by atoms with Gasteiger partial charge in [-0.1, -0.05) is 46.4 Å². The number of carboxylic acids is 1. The van der Waals surface area contributed by atoms with Crippen molar-refractivity contribution >= 4 is 63.3 Å². The Hall–Kier alpha value is -2.44. The normalized spacial score (nSPS) is 11.4. The number of aromatic hydroxyl groups is 1. The van der Waals surface area contributed by atoms with Crippen molar-refractivity contribution in [1.29, 1.82) is 0 Å². The molecular weight excluding hydrogens is 474 g/mol. The fraction of sp³-hybridized carbons (Fsp3) is 0.0476. The van der Waals surface area contributed by atoms with E-state index in [4.69, 9.17) is 50.8 Å². The number of rotatable bonds is 2. The van der Waals surface area contributed by atoms with E-state index < -0.39 is 11.4 Å². The van der Waals surface area contributed by atoms with Crippen LogP contribution in [0.5, 0.6) is 5.75 Å². The molecule has 2 N–H and O–H groups in total. The van der Waals surface area contributed by atoms with E-state index in [1.54, 1.807) is 13.0 Å². The Kier molecular flexibility index (Phi) is 5.11. The molecule has 0 bridgehead atoms. The third kappa shape index (κ3) is 3.19. The highest BCUT2D eigenvalue weighted by Gasteiger charge is 2.28. The molecule has 0 spiro atoms. The molecule has 0 unspecified atom stereocenters. The number of halogens is 4. The summed E-state index contributed by atoms with van der Waals surface area (Å²) in [4.78, 5) is 24.2. The van der Waals surface area contributed by atoms with Gasteiger partial charge in [0, 0.05) is 39.2 Å². The summed E-state index contributed by atoms with van der Waals surface area (Å²) in [6.07, 6.45) is 0. The van der Waals surface area contributed by atoms with E-state index in [-0.39, 0.29) is 48.3 Å². The van der Waals surface area contributed by atoms with Crippen molar-refractivity contribution in [2.45, 2.75) is 6.92 Å². The van der Waals surface area contributed by atoms with Gasteiger partial charge >= 0.3 is 5.97 Å². The zero-order chi connectivity index (χ0) is 21.9. The second kappa shape index (κ2) is 7.36. The van der Waals surface area contributed by atoms with E-state index in [0.717, 1.165) is 0 Å². The van der Waals surface area contributed by atoms with Gasteiger partial charge in [0.2, 0.25) is 5.43 Å². The van der Waals surface area contributed by atoms with E-state index in [2.05, 4.69) is 0 Å². The quantitative estimate of drug-likeness (QED) is 0.303. The molecule has 1 heterocycles. The summed E-state index contributed by atoms with van der Waals surface area (Å²) in [7, 11) is 0. The molecule has 2 aliphatic rings. The monoisotopic (exact) mass is 482 g/mol. The zero-order valence-corrected chi connectivity index (χ0v) is 18.0. The molecule has 0 radical (unpaired) electrons. The molecule has 1 aliphatic carbocycles. The Morgan fingerprint density at radius 1 is 0.933 bits per heavy atom. The number of hydrogen-bond acceptors (Lipinski definition) is 4. The average Bonchev–Trinajstić information content (AvgIpc) is 2.66. The predicted octanol–water partition coefficient (Wildman–Crippen LogP) is 6.89. The summed E-state index contributed by atoms with van der Waals surface area (Å²) in [6, 6.07) is 6.77. The molecule has 30 heavy (non-hydrogen) atoms. The minimum atomic E-state index is -1.29. The lowest BCUT2D eigenvalue weighted by Crippen LogP contribution is -2.06. The molecule has 9 heteroatoms. The highest BCUT2D eigenvalue weighted by molar-refractivity contribution is 6.40. The van der Waals surface area contributed by atoms with E-state index >= 15 is 0 Å². The molecule has 2 aromatic carbocycles. The maximum Gasteiger partial charge on any atom is 0.337 e. The highest BCUT2D eigenvalue weighted by atomic mass is 35.5. The summed E-state index contributed by atoms with van der Waals surface area (Å²) < 4.78 is 5.77. The van der Waals surface area contributed by atoms with Crippen LogP contribution in [0.3, 0.4) is 0 Å². The van der Waals surface area contributed by atoms with E-state index in [1.165, 1.54) is 24.3 Å². The van der Waals surface area contributed by atoms with E-state index in [1.807, 2.05) is 0 Å². The minimum absolute atomic E-state index is 0.0102. The fourth-order valence-corrected chi connectivity index (χ4v) is 4.28. The van der Waals surface area contributed by atoms with Crippen molar-refractivity contribution in [2.24, 2.45) is 0 Å². The van der Waals surface area contributed by atoms with Crippen molar-refractivity contribution in [3.8, 4) is 28.2 Å². The second-order valence-corrected chi connectivity index (χ2v) is 8.20. The Morgan fingerprint density at radius 3 is 2.30 bits per heavy atom. The lowest BCUT2D eigenvalue weighted by atomic mass is 9.89. The Labute approximate surface area is 189 Å². The molecular formula is C21H10Cl4O5. The molecule has 0 saturated heterocycles. The van der Waals surface area contributed by atoms with Crippen molar-refractivity contribution in [3.05, 3.63) is 71.8 Å². The first kappa shape index (κ1) is 20.8. The molecule has 2 aromatic rings. The van der Waals surface area contributed by atoms with E-state index in [9.17, 15) is 19.8 Å². The number of phenolic OH excluding ortho intramolecular Hbond substituents is 1. The molecule has 0 amide bonds. The SMILES string of the molecule is Cc1cc(Cl)c(-c2c3cc(Cl)c(=O)cc-3oc3cc(O)c(Cl)cc23)c(C(=O)O)c1Cl. The molecule has 4 rings (SSSR count). The van der Waals surface area contributed by atoms with Gasteiger partial charge in [-0.25, -0.2) is 4.79 Å². The molecule has 152 valence electrons. The maximum atomic E-state index is 12.1. The lowest BCUT2D eigenvalue weighted by molar-refractivity contribution is 0.0698. The van der Waals surface area contributed by atoms with Gasteiger partial charge in [0.05, 0.1) is 20.6 Å². The van der Waals surface area contributed by atoms with Gasteiger partial charge in [0.25, 0.3) is 0 Å². The van der Waals surface area contributed by atoms with Crippen LogP contribution in [0.15, 0.2) is 39.5 Å². The van der Waals surface area contributed by atoms with Crippen molar-refractivity contribution in [2.75, 3.05) is 0 Å². The van der Waals surface area contributed by atoms with Gasteiger partial charge in [-0.05, 0) is 30.7 Å². The molecule has 0 fully saturated rings. The molecule has 0 atom stereocenters. The largest absolute Gasteiger partial charge is 0.506 e. The van der Waals surface area contributed by atoms with Crippen LogP contribution < -0.4 is 5.43 Å². The fourth-order valence-electron chi connectivity index (χ4n) is 3.37. The van der Waals surface area contributed by atoms with Crippen molar-refractivity contribution in [3.63, 3.8) is 0 Å². The average molecular weight is 484 g/mol. The lowest BCUT2D eigenvalue weighted by Gasteiger charge is -2.19. The Morgan fingerprint density at radius 2 is 1.63 bits per heavy atom.